The highest BCUT2D eigenvalue weighted by Crippen LogP contribution is 2.29. The highest BCUT2D eigenvalue weighted by molar-refractivity contribution is 5.69. The molecule has 0 aromatic carbocycles. The summed E-state index contributed by atoms with van der Waals surface area (Å²) in [7, 11) is 2.00. The summed E-state index contributed by atoms with van der Waals surface area (Å²) in [5.41, 5.74) is 2.40. The number of nitrogens with one attached hydrogen (secondary N) is 2. The predicted molar refractivity (Wildman–Crippen MR) is 63.4 cm³/mol. The van der Waals surface area contributed by atoms with Crippen LogP contribution in [-0.4, -0.2) is 22.4 Å². The molecule has 1 aliphatic heterocycles. The minimum Gasteiger partial charge on any atom is -0.380 e. The second-order valence-electron chi connectivity index (χ2n) is 4.30. The summed E-state index contributed by atoms with van der Waals surface area (Å²) in [6.07, 6.45) is 3.34. The Labute approximate surface area is 91.1 Å². The van der Waals surface area contributed by atoms with E-state index in [4.69, 9.17) is 0 Å². The van der Waals surface area contributed by atoms with Gasteiger partial charge < -0.3 is 10.6 Å². The molecule has 0 spiro atoms. The molecule has 4 heteroatoms. The maximum absolute atomic E-state index is 4.55. The van der Waals surface area contributed by atoms with Gasteiger partial charge in [-0.15, -0.1) is 0 Å². The number of nitrogens with zero attached hydrogens (tertiary/aromatic N) is 2. The van der Waals surface area contributed by atoms with Gasteiger partial charge in [0.25, 0.3) is 0 Å². The highest BCUT2D eigenvalue weighted by atomic mass is 15.3. The lowest BCUT2D eigenvalue weighted by atomic mass is 10.2. The molecule has 0 amide bonds. The van der Waals surface area contributed by atoms with Crippen molar-refractivity contribution in [3.05, 3.63) is 5.69 Å². The Morgan fingerprint density at radius 3 is 3.07 bits per heavy atom. The van der Waals surface area contributed by atoms with Crippen LogP contribution in [0.25, 0.3) is 0 Å². The molecule has 0 radical (unpaired) electrons. The monoisotopic (exact) mass is 208 g/mol. The maximum Gasteiger partial charge on any atom is 0.148 e. The Morgan fingerprint density at radius 1 is 1.53 bits per heavy atom. The van der Waals surface area contributed by atoms with Gasteiger partial charge in [0.15, 0.2) is 0 Å². The van der Waals surface area contributed by atoms with Gasteiger partial charge in [-0.25, -0.2) is 0 Å². The molecule has 2 heterocycles. The third-order valence-electron chi connectivity index (χ3n) is 2.87. The number of anilines is 2. The lowest BCUT2D eigenvalue weighted by molar-refractivity contribution is 0.697. The van der Waals surface area contributed by atoms with Crippen LogP contribution in [0.15, 0.2) is 0 Å². The summed E-state index contributed by atoms with van der Waals surface area (Å²) in [5, 5.41) is 11.5. The van der Waals surface area contributed by atoms with Crippen molar-refractivity contribution in [1.29, 1.82) is 0 Å². The first kappa shape index (κ1) is 10.3. The Hall–Kier alpha value is -1.19. The van der Waals surface area contributed by atoms with Crippen LogP contribution in [0.5, 0.6) is 0 Å². The minimum absolute atomic E-state index is 0.517. The van der Waals surface area contributed by atoms with Gasteiger partial charge in [0.2, 0.25) is 0 Å². The zero-order valence-corrected chi connectivity index (χ0v) is 9.80. The third-order valence-corrected chi connectivity index (χ3v) is 2.87. The lowest BCUT2D eigenvalue weighted by Gasteiger charge is -2.10. The smallest absolute Gasteiger partial charge is 0.148 e. The second-order valence-corrected chi connectivity index (χ2v) is 4.30. The van der Waals surface area contributed by atoms with Crippen molar-refractivity contribution < 1.29 is 0 Å². The van der Waals surface area contributed by atoms with E-state index in [1.54, 1.807) is 0 Å². The van der Waals surface area contributed by atoms with E-state index in [2.05, 4.69) is 29.6 Å². The Balaban J connectivity index is 2.34. The van der Waals surface area contributed by atoms with E-state index in [9.17, 15) is 0 Å². The molecule has 1 atom stereocenters. The van der Waals surface area contributed by atoms with Crippen molar-refractivity contribution in [2.75, 3.05) is 17.2 Å². The van der Waals surface area contributed by atoms with Crippen molar-refractivity contribution in [1.82, 2.24) is 9.78 Å². The summed E-state index contributed by atoms with van der Waals surface area (Å²) in [5.74, 6) is 1.14. The van der Waals surface area contributed by atoms with E-state index < -0.39 is 0 Å². The Kier molecular flexibility index (Phi) is 2.84. The molecule has 4 nitrogen and oxygen atoms in total. The summed E-state index contributed by atoms with van der Waals surface area (Å²) in [4.78, 5) is 0. The number of aromatic nitrogens is 2. The third kappa shape index (κ3) is 1.94. The molecular weight excluding hydrogens is 188 g/mol. The van der Waals surface area contributed by atoms with Gasteiger partial charge in [-0.1, -0.05) is 13.3 Å². The van der Waals surface area contributed by atoms with Crippen molar-refractivity contribution in [2.24, 2.45) is 7.05 Å². The molecule has 2 rings (SSSR count). The number of hydrogen-bond donors (Lipinski definition) is 2. The van der Waals surface area contributed by atoms with Gasteiger partial charge in [0, 0.05) is 19.6 Å². The van der Waals surface area contributed by atoms with Crippen molar-refractivity contribution in [3.8, 4) is 0 Å². The summed E-state index contributed by atoms with van der Waals surface area (Å²) in [6.45, 7) is 5.43. The van der Waals surface area contributed by atoms with Gasteiger partial charge in [0.05, 0.1) is 5.69 Å². The fraction of sp³-hybridized carbons (Fsp3) is 0.727. The van der Waals surface area contributed by atoms with Gasteiger partial charge in [-0.2, -0.15) is 5.10 Å². The first-order chi connectivity index (χ1) is 7.22. The van der Waals surface area contributed by atoms with Gasteiger partial charge in [-0.05, 0) is 19.8 Å². The van der Waals surface area contributed by atoms with Crippen LogP contribution in [0.2, 0.25) is 0 Å². The van der Waals surface area contributed by atoms with E-state index in [0.29, 0.717) is 6.04 Å². The highest BCUT2D eigenvalue weighted by Gasteiger charge is 2.19. The van der Waals surface area contributed by atoms with E-state index in [-0.39, 0.29) is 0 Å². The Morgan fingerprint density at radius 2 is 2.33 bits per heavy atom. The minimum atomic E-state index is 0.517. The van der Waals surface area contributed by atoms with Crippen LogP contribution in [0, 0.1) is 0 Å². The average molecular weight is 208 g/mol. The standard InChI is InChI=1S/C11H20N4/c1-4-5-9-10-11(15(3)14-9)13-8(2)6-7-12-10/h8,12-13H,4-7H2,1-3H3. The van der Waals surface area contributed by atoms with Crippen molar-refractivity contribution in [2.45, 2.75) is 39.2 Å². The molecular formula is C11H20N4. The molecule has 1 aromatic rings. The molecule has 0 aliphatic carbocycles. The van der Waals surface area contributed by atoms with Crippen LogP contribution in [0.1, 0.15) is 32.4 Å². The number of hydrogen-bond acceptors (Lipinski definition) is 3. The fourth-order valence-electron chi connectivity index (χ4n) is 2.06. The first-order valence-electron chi connectivity index (χ1n) is 5.78. The van der Waals surface area contributed by atoms with E-state index in [0.717, 1.165) is 31.6 Å². The van der Waals surface area contributed by atoms with Crippen LogP contribution in [0.4, 0.5) is 11.5 Å². The van der Waals surface area contributed by atoms with Crippen LogP contribution in [0.3, 0.4) is 0 Å². The molecule has 2 N–H and O–H groups in total. The summed E-state index contributed by atoms with van der Waals surface area (Å²) >= 11 is 0. The molecule has 1 unspecified atom stereocenters. The number of rotatable bonds is 2. The zero-order chi connectivity index (χ0) is 10.8. The van der Waals surface area contributed by atoms with Gasteiger partial charge >= 0.3 is 0 Å². The first-order valence-corrected chi connectivity index (χ1v) is 5.78. The molecule has 1 aromatic heterocycles. The molecule has 0 bridgehead atoms. The quantitative estimate of drug-likeness (QED) is 0.781. The van der Waals surface area contributed by atoms with E-state index >= 15 is 0 Å². The second kappa shape index (κ2) is 4.13. The summed E-state index contributed by atoms with van der Waals surface area (Å²) < 4.78 is 1.95. The summed E-state index contributed by atoms with van der Waals surface area (Å²) in [6, 6.07) is 0.517. The van der Waals surface area contributed by atoms with Gasteiger partial charge in [0.1, 0.15) is 11.5 Å². The van der Waals surface area contributed by atoms with Crippen molar-refractivity contribution >= 4 is 11.5 Å². The number of fused-ring (bicyclic) bond motifs is 1. The fourth-order valence-corrected chi connectivity index (χ4v) is 2.06. The maximum atomic E-state index is 4.55. The number of aryl methyl sites for hydroxylation is 2. The largest absolute Gasteiger partial charge is 0.380 e. The van der Waals surface area contributed by atoms with Crippen LogP contribution >= 0.6 is 0 Å². The topological polar surface area (TPSA) is 41.9 Å². The predicted octanol–water partition coefficient (Wildman–Crippen LogP) is 1.99. The average Bonchev–Trinajstić information content (AvgIpc) is 2.38. The molecule has 0 saturated heterocycles. The molecule has 15 heavy (non-hydrogen) atoms. The van der Waals surface area contributed by atoms with Crippen molar-refractivity contribution in [3.63, 3.8) is 0 Å². The van der Waals surface area contributed by atoms with E-state index in [1.807, 2.05) is 11.7 Å². The molecule has 84 valence electrons. The Bertz CT molecular complexity index is 343. The van der Waals surface area contributed by atoms with E-state index in [1.165, 1.54) is 11.4 Å². The molecule has 1 aliphatic rings. The SMILES string of the molecule is CCCc1nn(C)c2c1NCCC(C)N2. The molecule has 0 saturated carbocycles. The normalized spacial score (nSPS) is 20.1. The van der Waals surface area contributed by atoms with Gasteiger partial charge in [-0.3, -0.25) is 4.68 Å². The van der Waals surface area contributed by atoms with Crippen LogP contribution in [-0.2, 0) is 13.5 Å². The zero-order valence-electron chi connectivity index (χ0n) is 9.80. The molecule has 0 fully saturated rings. The van der Waals surface area contributed by atoms with Crippen LogP contribution < -0.4 is 10.6 Å². The lowest BCUT2D eigenvalue weighted by Crippen LogP contribution is -2.17.